The van der Waals surface area contributed by atoms with Crippen molar-refractivity contribution in [2.75, 3.05) is 44.0 Å². The Morgan fingerprint density at radius 3 is 2.74 bits per heavy atom. The molecule has 0 unspecified atom stereocenters. The smallest absolute Gasteiger partial charge is 0.248 e. The number of rotatable bonds is 11. The molecule has 0 bridgehead atoms. The van der Waals surface area contributed by atoms with Crippen LogP contribution in [-0.2, 0) is 9.53 Å². The van der Waals surface area contributed by atoms with Gasteiger partial charge in [0.2, 0.25) is 11.9 Å². The fraction of sp³-hybridized carbons (Fsp3) is 0.433. The van der Waals surface area contributed by atoms with E-state index in [0.29, 0.717) is 42.5 Å². The Balaban J connectivity index is 1.28. The minimum absolute atomic E-state index is 0.0649. The van der Waals surface area contributed by atoms with Crippen LogP contribution >= 0.6 is 0 Å². The highest BCUT2D eigenvalue weighted by molar-refractivity contribution is 6.02. The molecule has 38 heavy (non-hydrogen) atoms. The van der Waals surface area contributed by atoms with E-state index >= 15 is 0 Å². The van der Waals surface area contributed by atoms with Gasteiger partial charge in [-0.3, -0.25) is 9.69 Å². The average Bonchev–Trinajstić information content (AvgIpc) is 3.77. The van der Waals surface area contributed by atoms with E-state index < -0.39 is 0 Å². The number of amides is 1. The summed E-state index contributed by atoms with van der Waals surface area (Å²) in [4.78, 5) is 24.3. The number of aromatic nitrogens is 2. The van der Waals surface area contributed by atoms with Gasteiger partial charge in [-0.2, -0.15) is 0 Å². The third-order valence-electron chi connectivity index (χ3n) is 7.23. The largest absolute Gasteiger partial charge is 0.491 e. The Labute approximate surface area is 224 Å². The lowest BCUT2D eigenvalue weighted by molar-refractivity contribution is -0.111. The van der Waals surface area contributed by atoms with Crippen LogP contribution in [0.1, 0.15) is 44.2 Å². The van der Waals surface area contributed by atoms with Gasteiger partial charge >= 0.3 is 0 Å². The van der Waals surface area contributed by atoms with Gasteiger partial charge in [0.15, 0.2) is 0 Å². The van der Waals surface area contributed by atoms with Crippen LogP contribution in [0.15, 0.2) is 60.8 Å². The predicted molar refractivity (Wildman–Crippen MR) is 150 cm³/mol. The first kappa shape index (κ1) is 26.1. The Hall–Kier alpha value is -3.49. The van der Waals surface area contributed by atoms with Crippen molar-refractivity contribution < 1.29 is 14.3 Å². The van der Waals surface area contributed by atoms with Gasteiger partial charge in [0.1, 0.15) is 5.75 Å². The number of nitrogens with zero attached hydrogens (tertiary/aromatic N) is 3. The number of ether oxygens (including phenoxy) is 2. The summed E-state index contributed by atoms with van der Waals surface area (Å²) in [6.45, 7) is 5.05. The van der Waals surface area contributed by atoms with Crippen molar-refractivity contribution in [3.8, 4) is 5.75 Å². The summed E-state index contributed by atoms with van der Waals surface area (Å²) >= 11 is 0. The van der Waals surface area contributed by atoms with Crippen LogP contribution in [0.3, 0.4) is 0 Å². The third kappa shape index (κ3) is 7.08. The first-order valence-electron chi connectivity index (χ1n) is 13.6. The number of carbonyl (C=O) groups is 1. The van der Waals surface area contributed by atoms with Crippen LogP contribution in [-0.4, -0.2) is 60.2 Å². The molecular weight excluding hydrogens is 478 g/mol. The molecule has 8 nitrogen and oxygen atoms in total. The number of nitrogens with one attached hydrogen (secondary N) is 2. The number of hydrogen-bond acceptors (Lipinski definition) is 7. The highest BCUT2D eigenvalue weighted by Gasteiger charge is 2.23. The van der Waals surface area contributed by atoms with Gasteiger partial charge in [-0.15, -0.1) is 0 Å². The SMILES string of the molecule is C[C@@H](Nc1ncc2cc(NC(=O)C=CCN(C)C3CCOCC3)c(OCC3CC3)cc2n1)c1ccccc1. The fourth-order valence-electron chi connectivity index (χ4n) is 4.63. The van der Waals surface area contributed by atoms with E-state index in [-0.39, 0.29) is 11.9 Å². The first-order valence-corrected chi connectivity index (χ1v) is 13.6. The summed E-state index contributed by atoms with van der Waals surface area (Å²) in [6, 6.07) is 14.6. The first-order chi connectivity index (χ1) is 18.5. The zero-order chi connectivity index (χ0) is 26.3. The number of likely N-dealkylation sites (N-methyl/N-ethyl adjacent to an activating group) is 1. The van der Waals surface area contributed by atoms with E-state index in [2.05, 4.69) is 46.6 Å². The number of fused-ring (bicyclic) bond motifs is 1. The summed E-state index contributed by atoms with van der Waals surface area (Å²) in [5.74, 6) is 1.59. The number of carbonyl (C=O) groups excluding carboxylic acids is 1. The zero-order valence-electron chi connectivity index (χ0n) is 22.2. The molecule has 2 N–H and O–H groups in total. The molecule has 5 rings (SSSR count). The van der Waals surface area contributed by atoms with Crippen LogP contribution < -0.4 is 15.4 Å². The number of anilines is 2. The molecule has 3 aromatic rings. The predicted octanol–water partition coefficient (Wildman–Crippen LogP) is 5.20. The van der Waals surface area contributed by atoms with Crippen LogP contribution in [0.25, 0.3) is 10.9 Å². The van der Waals surface area contributed by atoms with Gasteiger partial charge in [0, 0.05) is 49.5 Å². The van der Waals surface area contributed by atoms with Crippen LogP contribution in [0.4, 0.5) is 11.6 Å². The highest BCUT2D eigenvalue weighted by Crippen LogP contribution is 2.34. The molecule has 0 spiro atoms. The van der Waals surface area contributed by atoms with E-state index in [1.165, 1.54) is 12.8 Å². The lowest BCUT2D eigenvalue weighted by Crippen LogP contribution is -2.36. The van der Waals surface area contributed by atoms with Crippen molar-refractivity contribution in [3.05, 3.63) is 66.4 Å². The zero-order valence-corrected chi connectivity index (χ0v) is 22.2. The molecule has 1 saturated heterocycles. The molecule has 1 aromatic heterocycles. The molecule has 1 saturated carbocycles. The maximum absolute atomic E-state index is 12.8. The van der Waals surface area contributed by atoms with E-state index in [0.717, 1.165) is 42.5 Å². The van der Waals surface area contributed by atoms with Crippen molar-refractivity contribution in [1.82, 2.24) is 14.9 Å². The molecule has 2 aliphatic rings. The van der Waals surface area contributed by atoms with Gasteiger partial charge < -0.3 is 20.1 Å². The standard InChI is InChI=1S/C30H37N5O3/c1-21(23-7-4-3-5-8-23)32-30-31-19-24-17-27(28(18-26(24)34-30)38-20-22-10-11-22)33-29(36)9-6-14-35(2)25-12-15-37-16-13-25/h3-9,17-19,21-22,25H,10-16,20H2,1-2H3,(H,33,36)(H,31,32,34)/t21-/m1/s1. The van der Waals surface area contributed by atoms with E-state index in [9.17, 15) is 4.79 Å². The van der Waals surface area contributed by atoms with E-state index in [1.54, 1.807) is 12.3 Å². The molecule has 2 aromatic carbocycles. The lowest BCUT2D eigenvalue weighted by atomic mass is 10.1. The van der Waals surface area contributed by atoms with Crippen molar-refractivity contribution in [3.63, 3.8) is 0 Å². The quantitative estimate of drug-likeness (QED) is 0.340. The maximum atomic E-state index is 12.8. The molecular formula is C30H37N5O3. The summed E-state index contributed by atoms with van der Waals surface area (Å²) in [5.41, 5.74) is 2.56. The third-order valence-corrected chi connectivity index (χ3v) is 7.23. The second kappa shape index (κ2) is 12.4. The summed E-state index contributed by atoms with van der Waals surface area (Å²) in [6.07, 6.45) is 9.71. The lowest BCUT2D eigenvalue weighted by Gasteiger charge is -2.30. The molecule has 0 radical (unpaired) electrons. The molecule has 1 atom stereocenters. The molecule has 1 amide bonds. The fourth-order valence-corrected chi connectivity index (χ4v) is 4.63. The van der Waals surface area contributed by atoms with Gasteiger partial charge in [-0.05, 0) is 57.2 Å². The monoisotopic (exact) mass is 515 g/mol. The maximum Gasteiger partial charge on any atom is 0.248 e. The highest BCUT2D eigenvalue weighted by atomic mass is 16.5. The summed E-state index contributed by atoms with van der Waals surface area (Å²) in [7, 11) is 2.09. The molecule has 1 aliphatic heterocycles. The Kier molecular flexibility index (Phi) is 8.51. The van der Waals surface area contributed by atoms with Gasteiger partial charge in [0.25, 0.3) is 0 Å². The average molecular weight is 516 g/mol. The minimum atomic E-state index is -0.183. The van der Waals surface area contributed by atoms with Crippen LogP contribution in [0, 0.1) is 5.92 Å². The van der Waals surface area contributed by atoms with Crippen molar-refractivity contribution in [2.45, 2.75) is 44.7 Å². The van der Waals surface area contributed by atoms with Crippen molar-refractivity contribution >= 4 is 28.4 Å². The van der Waals surface area contributed by atoms with Gasteiger partial charge in [-0.1, -0.05) is 36.4 Å². The number of hydrogen-bond donors (Lipinski definition) is 2. The second-order valence-electron chi connectivity index (χ2n) is 10.3. The molecule has 2 fully saturated rings. The van der Waals surface area contributed by atoms with Crippen molar-refractivity contribution in [2.24, 2.45) is 5.92 Å². The van der Waals surface area contributed by atoms with Gasteiger partial charge in [-0.25, -0.2) is 9.97 Å². The molecule has 8 heteroatoms. The topological polar surface area (TPSA) is 88.6 Å². The number of benzene rings is 2. The Bertz CT molecular complexity index is 1260. The summed E-state index contributed by atoms with van der Waals surface area (Å²) in [5, 5.41) is 7.22. The van der Waals surface area contributed by atoms with E-state index in [1.807, 2.05) is 36.4 Å². The molecule has 1 aliphatic carbocycles. The normalized spacial score (nSPS) is 17.1. The Morgan fingerprint density at radius 1 is 1.18 bits per heavy atom. The van der Waals surface area contributed by atoms with Crippen LogP contribution in [0.2, 0.25) is 0 Å². The second-order valence-corrected chi connectivity index (χ2v) is 10.3. The summed E-state index contributed by atoms with van der Waals surface area (Å²) < 4.78 is 11.6. The molecule has 200 valence electrons. The van der Waals surface area contributed by atoms with Crippen LogP contribution in [0.5, 0.6) is 5.75 Å². The molecule has 2 heterocycles. The van der Waals surface area contributed by atoms with Gasteiger partial charge in [0.05, 0.1) is 23.9 Å². The van der Waals surface area contributed by atoms with Crippen molar-refractivity contribution in [1.29, 1.82) is 0 Å². The Morgan fingerprint density at radius 2 is 1.97 bits per heavy atom. The minimum Gasteiger partial charge on any atom is -0.491 e. The van der Waals surface area contributed by atoms with E-state index in [4.69, 9.17) is 14.5 Å².